The molecule has 0 radical (unpaired) electrons. The summed E-state index contributed by atoms with van der Waals surface area (Å²) in [5, 5.41) is 10.8. The van der Waals surface area contributed by atoms with E-state index in [4.69, 9.17) is 5.73 Å². The van der Waals surface area contributed by atoms with Gasteiger partial charge in [-0.05, 0) is 52.9 Å². The highest BCUT2D eigenvalue weighted by atomic mass is 19.1. The first-order chi connectivity index (χ1) is 15.0. The molecule has 1 heterocycles. The number of nitrogen functional groups attached to an aromatic ring is 1. The van der Waals surface area contributed by atoms with Crippen molar-refractivity contribution in [3.05, 3.63) is 95.6 Å². The summed E-state index contributed by atoms with van der Waals surface area (Å²) in [5.74, 6) is -0.715. The Labute approximate surface area is 179 Å². The molecular weight excluding hydrogens is 393 g/mol. The highest BCUT2D eigenvalue weighted by molar-refractivity contribution is 6.04. The molecule has 31 heavy (non-hydrogen) atoms. The van der Waals surface area contributed by atoms with Crippen molar-refractivity contribution in [2.24, 2.45) is 0 Å². The Balaban J connectivity index is 1.48. The van der Waals surface area contributed by atoms with Gasteiger partial charge in [-0.15, -0.1) is 5.10 Å². The van der Waals surface area contributed by atoms with Gasteiger partial charge in [0.25, 0.3) is 5.91 Å². The first kappa shape index (κ1) is 20.3. The van der Waals surface area contributed by atoms with Gasteiger partial charge in [-0.3, -0.25) is 4.79 Å². The summed E-state index contributed by atoms with van der Waals surface area (Å²) in [4.78, 5) is 12.7. The van der Waals surface area contributed by atoms with Gasteiger partial charge in [0.2, 0.25) is 0 Å². The molecule has 0 spiro atoms. The van der Waals surface area contributed by atoms with Crippen molar-refractivity contribution in [2.45, 2.75) is 19.9 Å². The van der Waals surface area contributed by atoms with E-state index in [0.29, 0.717) is 17.9 Å². The summed E-state index contributed by atoms with van der Waals surface area (Å²) in [6.07, 6.45) is 2.59. The van der Waals surface area contributed by atoms with Gasteiger partial charge >= 0.3 is 0 Å². The zero-order chi connectivity index (χ0) is 21.8. The summed E-state index contributed by atoms with van der Waals surface area (Å²) >= 11 is 0. The molecule has 0 aliphatic rings. The zero-order valence-electron chi connectivity index (χ0n) is 17.0. The number of benzene rings is 3. The Hall–Kier alpha value is -4.00. The number of rotatable bonds is 6. The average Bonchev–Trinajstić information content (AvgIpc) is 3.25. The molecule has 0 fully saturated rings. The van der Waals surface area contributed by atoms with E-state index >= 15 is 0 Å². The number of aryl methyl sites for hydroxylation is 1. The lowest BCUT2D eigenvalue weighted by molar-refractivity contribution is 0.102. The van der Waals surface area contributed by atoms with E-state index in [-0.39, 0.29) is 11.5 Å². The van der Waals surface area contributed by atoms with E-state index in [9.17, 15) is 9.18 Å². The van der Waals surface area contributed by atoms with E-state index in [0.717, 1.165) is 23.1 Å². The van der Waals surface area contributed by atoms with E-state index in [1.165, 1.54) is 17.7 Å². The molecule has 1 aromatic heterocycles. The molecule has 4 aromatic rings. The van der Waals surface area contributed by atoms with Crippen molar-refractivity contribution in [3.8, 4) is 11.1 Å². The van der Waals surface area contributed by atoms with E-state index < -0.39 is 5.91 Å². The fourth-order valence-corrected chi connectivity index (χ4v) is 3.22. The molecule has 0 aliphatic carbocycles. The summed E-state index contributed by atoms with van der Waals surface area (Å²) in [7, 11) is 0. The molecule has 156 valence electrons. The number of halogens is 1. The van der Waals surface area contributed by atoms with Gasteiger partial charge < -0.3 is 11.1 Å². The molecule has 0 saturated heterocycles. The molecule has 3 N–H and O–H groups in total. The van der Waals surface area contributed by atoms with Crippen LogP contribution in [0.1, 0.15) is 28.5 Å². The molecular formula is C24H22FN5O. The predicted octanol–water partition coefficient (Wildman–Crippen LogP) is 4.53. The number of nitrogens with two attached hydrogens (primary N) is 1. The Kier molecular flexibility index (Phi) is 5.75. The van der Waals surface area contributed by atoms with Crippen LogP contribution in [-0.4, -0.2) is 20.9 Å². The van der Waals surface area contributed by atoms with Crippen molar-refractivity contribution in [1.82, 2.24) is 15.0 Å². The molecule has 1 amide bonds. The number of amides is 1. The lowest BCUT2D eigenvalue weighted by Gasteiger charge is -2.10. The summed E-state index contributed by atoms with van der Waals surface area (Å²) in [6.45, 7) is 2.63. The Morgan fingerprint density at radius 3 is 2.39 bits per heavy atom. The smallest absolute Gasteiger partial charge is 0.277 e. The van der Waals surface area contributed by atoms with Crippen molar-refractivity contribution in [1.29, 1.82) is 0 Å². The minimum absolute atomic E-state index is 0.191. The van der Waals surface area contributed by atoms with E-state index in [1.54, 1.807) is 35.1 Å². The van der Waals surface area contributed by atoms with Gasteiger partial charge in [-0.25, -0.2) is 9.07 Å². The highest BCUT2D eigenvalue weighted by Gasteiger charge is 2.14. The van der Waals surface area contributed by atoms with E-state index in [1.807, 2.05) is 18.2 Å². The number of hydrogen-bond acceptors (Lipinski definition) is 4. The molecule has 0 bridgehead atoms. The maximum absolute atomic E-state index is 13.2. The number of anilines is 2. The Bertz CT molecular complexity index is 1200. The molecule has 4 rings (SSSR count). The molecule has 0 unspecified atom stereocenters. The minimum atomic E-state index is -0.407. The monoisotopic (exact) mass is 415 g/mol. The first-order valence-corrected chi connectivity index (χ1v) is 9.96. The van der Waals surface area contributed by atoms with E-state index in [2.05, 4.69) is 34.7 Å². The molecule has 0 saturated carbocycles. The molecule has 6 nitrogen and oxygen atoms in total. The van der Waals surface area contributed by atoms with Gasteiger partial charge in [-0.1, -0.05) is 54.6 Å². The summed E-state index contributed by atoms with van der Waals surface area (Å²) < 4.78 is 14.8. The molecule has 0 atom stereocenters. The quantitative estimate of drug-likeness (QED) is 0.453. The largest absolute Gasteiger partial charge is 0.397 e. The van der Waals surface area contributed by atoms with Crippen molar-refractivity contribution < 1.29 is 9.18 Å². The summed E-state index contributed by atoms with van der Waals surface area (Å²) in [5.41, 5.74) is 11.1. The fourth-order valence-electron chi connectivity index (χ4n) is 3.22. The SMILES string of the molecule is CCc1ccc(Cn2cc(C(=O)Nc3cc(-c4ccc(F)cc4)ccc3N)nn2)cc1. The number of carbonyl (C=O) groups excluding carboxylic acids is 1. The van der Waals surface area contributed by atoms with Crippen LogP contribution in [0.3, 0.4) is 0 Å². The number of nitrogens with zero attached hydrogens (tertiary/aromatic N) is 3. The third-order valence-corrected chi connectivity index (χ3v) is 5.03. The fraction of sp³-hybridized carbons (Fsp3) is 0.125. The maximum Gasteiger partial charge on any atom is 0.277 e. The van der Waals surface area contributed by atoms with Crippen molar-refractivity contribution in [3.63, 3.8) is 0 Å². The Morgan fingerprint density at radius 1 is 1.00 bits per heavy atom. The van der Waals surface area contributed by atoms with Gasteiger partial charge in [0.1, 0.15) is 5.82 Å². The second-order valence-corrected chi connectivity index (χ2v) is 7.23. The van der Waals surface area contributed by atoms with Crippen LogP contribution < -0.4 is 11.1 Å². The average molecular weight is 415 g/mol. The van der Waals surface area contributed by atoms with Crippen LogP contribution in [-0.2, 0) is 13.0 Å². The van der Waals surface area contributed by atoms with Gasteiger partial charge in [-0.2, -0.15) is 0 Å². The number of nitrogens with one attached hydrogen (secondary N) is 1. The number of hydrogen-bond donors (Lipinski definition) is 2. The zero-order valence-corrected chi connectivity index (χ0v) is 17.0. The third-order valence-electron chi connectivity index (χ3n) is 5.03. The normalized spacial score (nSPS) is 10.8. The van der Waals surface area contributed by atoms with Crippen LogP contribution in [0.25, 0.3) is 11.1 Å². The topological polar surface area (TPSA) is 85.8 Å². The van der Waals surface area contributed by atoms with Crippen LogP contribution in [0.15, 0.2) is 72.9 Å². The first-order valence-electron chi connectivity index (χ1n) is 9.96. The predicted molar refractivity (Wildman–Crippen MR) is 119 cm³/mol. The van der Waals surface area contributed by atoms with Crippen LogP contribution in [0.5, 0.6) is 0 Å². The lowest BCUT2D eigenvalue weighted by Crippen LogP contribution is -2.13. The lowest BCUT2D eigenvalue weighted by atomic mass is 10.0. The summed E-state index contributed by atoms with van der Waals surface area (Å²) in [6, 6.07) is 19.6. The number of carbonyl (C=O) groups is 1. The standard InChI is InChI=1S/C24H22FN5O/c1-2-16-3-5-17(6-4-16)14-30-15-23(28-29-30)24(31)27-22-13-19(9-12-21(22)26)18-7-10-20(25)11-8-18/h3-13,15H,2,14,26H2,1H3,(H,27,31). The van der Waals surface area contributed by atoms with Gasteiger partial charge in [0, 0.05) is 0 Å². The van der Waals surface area contributed by atoms with Crippen LogP contribution in [0.4, 0.5) is 15.8 Å². The van der Waals surface area contributed by atoms with Crippen LogP contribution in [0, 0.1) is 5.82 Å². The van der Waals surface area contributed by atoms with Crippen molar-refractivity contribution >= 4 is 17.3 Å². The number of aromatic nitrogens is 3. The maximum atomic E-state index is 13.2. The highest BCUT2D eigenvalue weighted by Crippen LogP contribution is 2.27. The Morgan fingerprint density at radius 2 is 1.68 bits per heavy atom. The molecule has 7 heteroatoms. The van der Waals surface area contributed by atoms with Crippen molar-refractivity contribution in [2.75, 3.05) is 11.1 Å². The van der Waals surface area contributed by atoms with Crippen LogP contribution >= 0.6 is 0 Å². The molecule has 0 aliphatic heterocycles. The second kappa shape index (κ2) is 8.79. The van der Waals surface area contributed by atoms with Gasteiger partial charge in [0.15, 0.2) is 5.69 Å². The van der Waals surface area contributed by atoms with Crippen LogP contribution in [0.2, 0.25) is 0 Å². The van der Waals surface area contributed by atoms with Gasteiger partial charge in [0.05, 0.1) is 24.1 Å². The second-order valence-electron chi connectivity index (χ2n) is 7.23. The molecule has 3 aromatic carbocycles. The third kappa shape index (κ3) is 4.78. The minimum Gasteiger partial charge on any atom is -0.397 e.